The molecule has 0 rings (SSSR count). The molecule has 0 aromatic rings. The minimum atomic E-state index is -0.442. The molecule has 4 heteroatoms. The molecule has 0 aromatic heterocycles. The molecule has 0 saturated heterocycles. The van der Waals surface area contributed by atoms with Gasteiger partial charge in [0.1, 0.15) is 6.26 Å². The first-order chi connectivity index (χ1) is 13.6. The van der Waals surface area contributed by atoms with E-state index in [0.29, 0.717) is 18.6 Å². The van der Waals surface area contributed by atoms with Crippen molar-refractivity contribution < 1.29 is 19.1 Å². The predicted molar refractivity (Wildman–Crippen MR) is 116 cm³/mol. The van der Waals surface area contributed by atoms with E-state index in [1.165, 1.54) is 89.7 Å². The van der Waals surface area contributed by atoms with E-state index in [9.17, 15) is 9.59 Å². The van der Waals surface area contributed by atoms with Crippen LogP contribution in [0.25, 0.3) is 0 Å². The van der Waals surface area contributed by atoms with Crippen molar-refractivity contribution in [3.05, 3.63) is 11.8 Å². The molecule has 164 valence electrons. The van der Waals surface area contributed by atoms with Crippen molar-refractivity contribution in [2.45, 2.75) is 124 Å². The quantitative estimate of drug-likeness (QED) is 0.0997. The van der Waals surface area contributed by atoms with Gasteiger partial charge in [-0.2, -0.15) is 0 Å². The molecule has 0 spiro atoms. The molecule has 4 nitrogen and oxygen atoms in total. The van der Waals surface area contributed by atoms with E-state index in [4.69, 9.17) is 9.47 Å². The molecular weight excluding hydrogens is 352 g/mol. The second-order valence-electron chi connectivity index (χ2n) is 7.71. The zero-order chi connectivity index (χ0) is 20.9. The first kappa shape index (κ1) is 26.7. The van der Waals surface area contributed by atoms with Crippen LogP contribution < -0.4 is 0 Å². The van der Waals surface area contributed by atoms with Gasteiger partial charge in [0.15, 0.2) is 0 Å². The molecule has 0 aliphatic heterocycles. The van der Waals surface area contributed by atoms with Crippen LogP contribution in [0, 0.1) is 0 Å². The number of ether oxygens (including phenoxy) is 2. The first-order valence-corrected chi connectivity index (χ1v) is 11.6. The zero-order valence-corrected chi connectivity index (χ0v) is 18.7. The average Bonchev–Trinajstić information content (AvgIpc) is 2.69. The number of hydrogen-bond acceptors (Lipinski definition) is 4. The van der Waals surface area contributed by atoms with Crippen molar-refractivity contribution in [3.63, 3.8) is 0 Å². The van der Waals surface area contributed by atoms with Crippen molar-refractivity contribution in [2.24, 2.45) is 0 Å². The molecule has 0 saturated carbocycles. The van der Waals surface area contributed by atoms with E-state index in [0.717, 1.165) is 12.8 Å². The van der Waals surface area contributed by atoms with Gasteiger partial charge in [0, 0.05) is 6.42 Å². The maximum Gasteiger partial charge on any atom is 0.336 e. The van der Waals surface area contributed by atoms with E-state index in [1.54, 1.807) is 13.8 Å². The van der Waals surface area contributed by atoms with Crippen LogP contribution in [0.1, 0.15) is 124 Å². The van der Waals surface area contributed by atoms with Gasteiger partial charge in [0.25, 0.3) is 0 Å². The molecule has 0 N–H and O–H groups in total. The van der Waals surface area contributed by atoms with E-state index >= 15 is 0 Å². The van der Waals surface area contributed by atoms with Crippen LogP contribution in [0.4, 0.5) is 0 Å². The van der Waals surface area contributed by atoms with Crippen molar-refractivity contribution in [1.82, 2.24) is 0 Å². The fourth-order valence-electron chi connectivity index (χ4n) is 3.15. The molecule has 28 heavy (non-hydrogen) atoms. The normalized spacial score (nSPS) is 11.5. The van der Waals surface area contributed by atoms with Crippen LogP contribution in [0.5, 0.6) is 0 Å². The van der Waals surface area contributed by atoms with Gasteiger partial charge in [0.2, 0.25) is 0 Å². The number of carbonyl (C=O) groups is 2. The molecule has 0 aliphatic carbocycles. The molecular formula is C24H44O4. The highest BCUT2D eigenvalue weighted by Crippen LogP contribution is 2.14. The Balaban J connectivity index is 3.35. The van der Waals surface area contributed by atoms with Gasteiger partial charge in [-0.25, -0.2) is 4.79 Å². The zero-order valence-electron chi connectivity index (χ0n) is 18.7. The van der Waals surface area contributed by atoms with Crippen LogP contribution in [0.3, 0.4) is 0 Å². The molecule has 0 bridgehead atoms. The highest BCUT2D eigenvalue weighted by molar-refractivity contribution is 5.87. The highest BCUT2D eigenvalue weighted by Gasteiger charge is 2.07. The molecule has 0 radical (unpaired) electrons. The fourth-order valence-corrected chi connectivity index (χ4v) is 3.15. The van der Waals surface area contributed by atoms with Crippen molar-refractivity contribution in [2.75, 3.05) is 6.61 Å². The van der Waals surface area contributed by atoms with Gasteiger partial charge in [-0.15, -0.1) is 0 Å². The van der Waals surface area contributed by atoms with Crippen molar-refractivity contribution in [1.29, 1.82) is 0 Å². The summed E-state index contributed by atoms with van der Waals surface area (Å²) in [6.45, 7) is 5.91. The monoisotopic (exact) mass is 396 g/mol. The largest absolute Gasteiger partial charge is 0.463 e. The minimum Gasteiger partial charge on any atom is -0.463 e. The van der Waals surface area contributed by atoms with Crippen LogP contribution in [-0.4, -0.2) is 18.5 Å². The average molecular weight is 397 g/mol. The third-order valence-corrected chi connectivity index (χ3v) is 4.95. The van der Waals surface area contributed by atoms with Gasteiger partial charge in [-0.3, -0.25) is 4.79 Å². The summed E-state index contributed by atoms with van der Waals surface area (Å²) < 4.78 is 9.82. The Bertz CT molecular complexity index is 415. The summed E-state index contributed by atoms with van der Waals surface area (Å²) >= 11 is 0. The van der Waals surface area contributed by atoms with Crippen molar-refractivity contribution >= 4 is 11.9 Å². The molecule has 0 aromatic carbocycles. The Kier molecular flexibility index (Phi) is 19.5. The Morgan fingerprint density at radius 1 is 0.679 bits per heavy atom. The lowest BCUT2D eigenvalue weighted by molar-refractivity contribution is -0.139. The standard InChI is InChI=1S/C24H44O4/c1-4-6-7-8-9-10-11-12-13-14-15-16-17-18-19-20-23(25)28-21-22(3)24(26)27-5-2/h21H,4-20H2,1-3H3. The highest BCUT2D eigenvalue weighted by atomic mass is 16.5. The van der Waals surface area contributed by atoms with E-state index in [-0.39, 0.29) is 5.97 Å². The Hall–Kier alpha value is -1.32. The SMILES string of the molecule is CCCCCCCCCCCCCCCCCC(=O)OC=C(C)C(=O)OCC. The second-order valence-corrected chi connectivity index (χ2v) is 7.71. The molecule has 0 heterocycles. The summed E-state index contributed by atoms with van der Waals surface area (Å²) in [6.07, 6.45) is 21.2. The Morgan fingerprint density at radius 3 is 1.54 bits per heavy atom. The molecule has 0 aliphatic rings. The fraction of sp³-hybridized carbons (Fsp3) is 0.833. The maximum atomic E-state index is 11.6. The number of carbonyl (C=O) groups excluding carboxylic acids is 2. The second kappa shape index (κ2) is 20.4. The molecule has 0 unspecified atom stereocenters. The Morgan fingerprint density at radius 2 is 1.11 bits per heavy atom. The van der Waals surface area contributed by atoms with Crippen LogP contribution in [-0.2, 0) is 19.1 Å². The van der Waals surface area contributed by atoms with Gasteiger partial charge < -0.3 is 9.47 Å². The number of esters is 2. The topological polar surface area (TPSA) is 52.6 Å². The predicted octanol–water partition coefficient (Wildman–Crippen LogP) is 7.26. The number of rotatable bonds is 19. The summed E-state index contributed by atoms with van der Waals surface area (Å²) in [4.78, 5) is 23.0. The van der Waals surface area contributed by atoms with Crippen LogP contribution in [0.2, 0.25) is 0 Å². The number of unbranched alkanes of at least 4 members (excludes halogenated alkanes) is 14. The summed E-state index contributed by atoms with van der Waals surface area (Å²) in [5.74, 6) is -0.722. The van der Waals surface area contributed by atoms with E-state index in [1.807, 2.05) is 0 Å². The molecule has 0 fully saturated rings. The summed E-state index contributed by atoms with van der Waals surface area (Å²) in [7, 11) is 0. The third-order valence-electron chi connectivity index (χ3n) is 4.95. The van der Waals surface area contributed by atoms with Crippen molar-refractivity contribution in [3.8, 4) is 0 Å². The summed E-state index contributed by atoms with van der Waals surface area (Å²) in [6, 6.07) is 0. The van der Waals surface area contributed by atoms with Crippen LogP contribution >= 0.6 is 0 Å². The third kappa shape index (κ3) is 18.1. The molecule has 0 amide bonds. The first-order valence-electron chi connectivity index (χ1n) is 11.6. The van der Waals surface area contributed by atoms with Crippen LogP contribution in [0.15, 0.2) is 11.8 Å². The smallest absolute Gasteiger partial charge is 0.336 e. The maximum absolute atomic E-state index is 11.6. The Labute approximate surface area is 173 Å². The summed E-state index contributed by atoms with van der Waals surface area (Å²) in [5, 5.41) is 0. The van der Waals surface area contributed by atoms with Gasteiger partial charge in [0.05, 0.1) is 12.2 Å². The lowest BCUT2D eigenvalue weighted by Gasteiger charge is -2.04. The lowest BCUT2D eigenvalue weighted by Crippen LogP contribution is -2.07. The minimum absolute atomic E-state index is 0.279. The lowest BCUT2D eigenvalue weighted by atomic mass is 10.0. The molecule has 0 atom stereocenters. The van der Waals surface area contributed by atoms with Gasteiger partial charge in [-0.05, 0) is 20.3 Å². The summed E-state index contributed by atoms with van der Waals surface area (Å²) in [5.41, 5.74) is 0.312. The van der Waals surface area contributed by atoms with Gasteiger partial charge in [-0.1, -0.05) is 96.8 Å². The number of hydrogen-bond donors (Lipinski definition) is 0. The van der Waals surface area contributed by atoms with E-state index < -0.39 is 5.97 Å². The van der Waals surface area contributed by atoms with Gasteiger partial charge >= 0.3 is 11.9 Å². The van der Waals surface area contributed by atoms with E-state index in [2.05, 4.69) is 6.92 Å².